The Morgan fingerprint density at radius 1 is 1.17 bits per heavy atom. The van der Waals surface area contributed by atoms with E-state index >= 15 is 0 Å². The van der Waals surface area contributed by atoms with E-state index in [1.807, 2.05) is 44.2 Å². The van der Waals surface area contributed by atoms with Gasteiger partial charge >= 0.3 is 5.97 Å². The molecular weight excluding hydrogens is 288 g/mol. The Labute approximate surface area is 138 Å². The summed E-state index contributed by atoms with van der Waals surface area (Å²) in [5, 5.41) is 0. The monoisotopic (exact) mass is 314 g/mol. The topological polar surface area (TPSA) is 43.4 Å². The first-order valence-electron chi connectivity index (χ1n) is 8.17. The molecule has 0 N–H and O–H groups in total. The van der Waals surface area contributed by atoms with Crippen LogP contribution in [0.1, 0.15) is 44.7 Å². The second kappa shape index (κ2) is 6.69. The Morgan fingerprint density at radius 2 is 1.87 bits per heavy atom. The average Bonchev–Trinajstić information content (AvgIpc) is 2.78. The highest BCUT2D eigenvalue weighted by atomic mass is 16.5. The van der Waals surface area contributed by atoms with Crippen LogP contribution in [0.3, 0.4) is 0 Å². The van der Waals surface area contributed by atoms with E-state index in [1.165, 1.54) is 5.56 Å². The number of ether oxygens (including phenoxy) is 1. The molecule has 23 heavy (non-hydrogen) atoms. The highest BCUT2D eigenvalue weighted by Gasteiger charge is 2.47. The van der Waals surface area contributed by atoms with Gasteiger partial charge in [0.2, 0.25) is 0 Å². The maximum Gasteiger partial charge on any atom is 0.306 e. The van der Waals surface area contributed by atoms with Crippen molar-refractivity contribution in [1.29, 1.82) is 0 Å². The zero-order chi connectivity index (χ0) is 17.1. The molecule has 1 aromatic carbocycles. The lowest BCUT2D eigenvalue weighted by molar-refractivity contribution is -0.152. The van der Waals surface area contributed by atoms with Gasteiger partial charge in [0, 0.05) is 11.8 Å². The zero-order valence-electron chi connectivity index (χ0n) is 14.5. The Bertz CT molecular complexity index is 628. The Morgan fingerprint density at radius 3 is 2.48 bits per heavy atom. The molecule has 0 heterocycles. The van der Waals surface area contributed by atoms with Crippen LogP contribution in [0.15, 0.2) is 36.4 Å². The number of esters is 1. The number of aryl methyl sites for hydroxylation is 2. The van der Waals surface area contributed by atoms with Crippen LogP contribution in [0.5, 0.6) is 0 Å². The number of Topliss-reactive ketones (excluding diaryl/α,β-unsaturated/α-hetero) is 1. The van der Waals surface area contributed by atoms with Crippen LogP contribution >= 0.6 is 0 Å². The van der Waals surface area contributed by atoms with Crippen molar-refractivity contribution in [2.45, 2.75) is 47.0 Å². The molecule has 0 bridgehead atoms. The number of hydrogen-bond donors (Lipinski definition) is 0. The molecule has 0 aliphatic heterocycles. The number of benzene rings is 1. The van der Waals surface area contributed by atoms with Gasteiger partial charge < -0.3 is 4.74 Å². The zero-order valence-corrected chi connectivity index (χ0v) is 14.5. The summed E-state index contributed by atoms with van der Waals surface area (Å²) in [5.41, 5.74) is 1.63. The molecule has 0 saturated heterocycles. The largest absolute Gasteiger partial charge is 0.458 e. The van der Waals surface area contributed by atoms with Gasteiger partial charge in [0.25, 0.3) is 0 Å². The van der Waals surface area contributed by atoms with Gasteiger partial charge in [0.05, 0.1) is 0 Å². The molecule has 0 unspecified atom stereocenters. The van der Waals surface area contributed by atoms with Gasteiger partial charge in [-0.2, -0.15) is 0 Å². The summed E-state index contributed by atoms with van der Waals surface area (Å²) in [6, 6.07) is 7.99. The van der Waals surface area contributed by atoms with Gasteiger partial charge in [-0.15, -0.1) is 0 Å². The Kier molecular flexibility index (Phi) is 5.08. The van der Waals surface area contributed by atoms with Gasteiger partial charge in [-0.05, 0) is 36.3 Å². The maximum absolute atomic E-state index is 12.5. The molecular formula is C20H26O3. The van der Waals surface area contributed by atoms with E-state index in [-0.39, 0.29) is 23.8 Å². The van der Waals surface area contributed by atoms with E-state index in [0.717, 1.165) is 5.56 Å². The summed E-state index contributed by atoms with van der Waals surface area (Å²) in [4.78, 5) is 24.4. The smallest absolute Gasteiger partial charge is 0.306 e. The van der Waals surface area contributed by atoms with E-state index < -0.39 is 5.41 Å². The quantitative estimate of drug-likeness (QED) is 0.588. The molecule has 0 fully saturated rings. The molecule has 124 valence electrons. The van der Waals surface area contributed by atoms with Crippen molar-refractivity contribution in [3.63, 3.8) is 0 Å². The highest BCUT2D eigenvalue weighted by Crippen LogP contribution is 2.48. The SMILES string of the molecule is Cc1ccccc1CCC(=O)OCC(=O)[C@]1(C)CC=CC1(C)C. The summed E-state index contributed by atoms with van der Waals surface area (Å²) in [5.74, 6) is -0.314. The third kappa shape index (κ3) is 3.72. The first-order chi connectivity index (χ1) is 10.8. The van der Waals surface area contributed by atoms with Crippen LogP contribution in [-0.2, 0) is 20.7 Å². The fraction of sp³-hybridized carbons (Fsp3) is 0.500. The average molecular weight is 314 g/mol. The number of hydrogen-bond acceptors (Lipinski definition) is 3. The van der Waals surface area contributed by atoms with E-state index in [9.17, 15) is 9.59 Å². The molecule has 1 aromatic rings. The summed E-state index contributed by atoms with van der Waals surface area (Å²) in [6.45, 7) is 7.95. The summed E-state index contributed by atoms with van der Waals surface area (Å²) < 4.78 is 5.22. The minimum absolute atomic E-state index is 0.00302. The van der Waals surface area contributed by atoms with E-state index in [4.69, 9.17) is 4.74 Å². The van der Waals surface area contributed by atoms with Crippen molar-refractivity contribution in [3.05, 3.63) is 47.5 Å². The number of ketones is 1. The van der Waals surface area contributed by atoms with Crippen LogP contribution in [0.25, 0.3) is 0 Å². The Balaban J connectivity index is 1.83. The summed E-state index contributed by atoms with van der Waals surface area (Å²) >= 11 is 0. The van der Waals surface area contributed by atoms with Crippen molar-refractivity contribution in [1.82, 2.24) is 0 Å². The lowest BCUT2D eigenvalue weighted by Crippen LogP contribution is -2.40. The Hall–Kier alpha value is -1.90. The van der Waals surface area contributed by atoms with Crippen molar-refractivity contribution < 1.29 is 14.3 Å². The lowest BCUT2D eigenvalue weighted by atomic mass is 9.66. The van der Waals surface area contributed by atoms with Crippen LogP contribution in [0.4, 0.5) is 0 Å². The van der Waals surface area contributed by atoms with Gasteiger partial charge in [-0.3, -0.25) is 9.59 Å². The minimum Gasteiger partial charge on any atom is -0.458 e. The molecule has 3 nitrogen and oxygen atoms in total. The van der Waals surface area contributed by atoms with Gasteiger partial charge in [0.1, 0.15) is 0 Å². The minimum atomic E-state index is -0.483. The lowest BCUT2D eigenvalue weighted by Gasteiger charge is -2.36. The molecule has 0 radical (unpaired) electrons. The second-order valence-corrected chi connectivity index (χ2v) is 7.17. The fourth-order valence-corrected chi connectivity index (χ4v) is 3.01. The second-order valence-electron chi connectivity index (χ2n) is 7.17. The van der Waals surface area contributed by atoms with Crippen LogP contribution < -0.4 is 0 Å². The van der Waals surface area contributed by atoms with Crippen molar-refractivity contribution in [3.8, 4) is 0 Å². The van der Waals surface area contributed by atoms with Crippen molar-refractivity contribution in [2.24, 2.45) is 10.8 Å². The molecule has 1 aliphatic carbocycles. The van der Waals surface area contributed by atoms with E-state index in [1.54, 1.807) is 0 Å². The fourth-order valence-electron chi connectivity index (χ4n) is 3.01. The first kappa shape index (κ1) is 17.5. The normalized spacial score (nSPS) is 22.1. The summed E-state index contributed by atoms with van der Waals surface area (Å²) in [7, 11) is 0. The van der Waals surface area contributed by atoms with Crippen molar-refractivity contribution in [2.75, 3.05) is 6.61 Å². The third-order valence-electron chi connectivity index (χ3n) is 5.32. The number of carbonyl (C=O) groups is 2. The molecule has 0 spiro atoms. The number of allylic oxidation sites excluding steroid dienone is 2. The van der Waals surface area contributed by atoms with Crippen LogP contribution in [0, 0.1) is 17.8 Å². The standard InChI is InChI=1S/C20H26O3/c1-15-8-5-6-9-16(15)10-11-18(22)23-14-17(21)20(4)13-7-12-19(20,2)3/h5-9,12H,10-11,13-14H2,1-4H3/t20-/m0/s1. The molecule has 3 heteroatoms. The first-order valence-corrected chi connectivity index (χ1v) is 8.17. The van der Waals surface area contributed by atoms with Crippen LogP contribution in [-0.4, -0.2) is 18.4 Å². The molecule has 1 aliphatic rings. The number of carbonyl (C=O) groups excluding carboxylic acids is 2. The van der Waals surface area contributed by atoms with Gasteiger partial charge in [-0.1, -0.05) is 57.2 Å². The molecule has 0 amide bonds. The molecule has 2 rings (SSSR count). The number of rotatable bonds is 6. The van der Waals surface area contributed by atoms with Gasteiger partial charge in [-0.25, -0.2) is 0 Å². The van der Waals surface area contributed by atoms with Crippen LogP contribution in [0.2, 0.25) is 0 Å². The summed E-state index contributed by atoms with van der Waals surface area (Å²) in [6.07, 6.45) is 5.77. The molecule has 0 saturated carbocycles. The van der Waals surface area contributed by atoms with Gasteiger partial charge in [0.15, 0.2) is 12.4 Å². The third-order valence-corrected chi connectivity index (χ3v) is 5.32. The predicted octanol–water partition coefficient (Wildman–Crippen LogP) is 4.03. The predicted molar refractivity (Wildman–Crippen MR) is 91.1 cm³/mol. The van der Waals surface area contributed by atoms with Crippen molar-refractivity contribution >= 4 is 11.8 Å². The van der Waals surface area contributed by atoms with E-state index in [0.29, 0.717) is 19.3 Å². The van der Waals surface area contributed by atoms with E-state index in [2.05, 4.69) is 19.9 Å². The molecule has 1 atom stereocenters. The highest BCUT2D eigenvalue weighted by molar-refractivity contribution is 5.89. The maximum atomic E-state index is 12.5. The molecule has 0 aromatic heterocycles.